The third-order valence-corrected chi connectivity index (χ3v) is 6.49. The summed E-state index contributed by atoms with van der Waals surface area (Å²) in [5.41, 5.74) is 5.12. The first-order valence-electron chi connectivity index (χ1n) is 11.9. The van der Waals surface area contributed by atoms with Crippen LogP contribution in [0, 0.1) is 25.2 Å². The number of aryl methyl sites for hydroxylation is 4. The molecule has 1 aliphatic heterocycles. The van der Waals surface area contributed by atoms with Gasteiger partial charge in [-0.15, -0.1) is 5.10 Å². The second-order valence-electron chi connectivity index (χ2n) is 9.27. The van der Waals surface area contributed by atoms with Crippen LogP contribution in [0.2, 0.25) is 0 Å². The van der Waals surface area contributed by atoms with Crippen molar-refractivity contribution in [3.8, 4) is 29.1 Å². The number of halogens is 2. The van der Waals surface area contributed by atoms with Crippen molar-refractivity contribution in [2.45, 2.75) is 32.9 Å². The summed E-state index contributed by atoms with van der Waals surface area (Å²) in [6.07, 6.45) is -0.510. The molecule has 0 aliphatic carbocycles. The molecule has 0 saturated carbocycles. The molecular formula is C25H27F2N9O2. The Kier molecular flexibility index (Phi) is 6.58. The Morgan fingerprint density at radius 3 is 2.71 bits per heavy atom. The smallest absolute Gasteiger partial charge is 0.276 e. The number of rotatable bonds is 3. The van der Waals surface area contributed by atoms with Gasteiger partial charge < -0.3 is 9.47 Å². The SMILES string of the molecule is Cc1nn(C)c2c1-c1cc3c([nH]nc3c(C)n1)/C=C/c1c(OCC#N)nn(C)c1CN(C)C[C@@H](C(F)F)O2. The Balaban J connectivity index is 1.74. The van der Waals surface area contributed by atoms with Gasteiger partial charge in [0.25, 0.3) is 6.43 Å². The van der Waals surface area contributed by atoms with E-state index in [1.165, 1.54) is 4.68 Å². The van der Waals surface area contributed by atoms with Crippen LogP contribution < -0.4 is 9.47 Å². The van der Waals surface area contributed by atoms with E-state index in [9.17, 15) is 8.78 Å². The first-order chi connectivity index (χ1) is 18.2. The maximum Gasteiger partial charge on any atom is 0.276 e. The topological polar surface area (TPSA) is 123 Å². The van der Waals surface area contributed by atoms with Crippen molar-refractivity contribution in [1.29, 1.82) is 5.26 Å². The number of H-pyrrole nitrogens is 1. The Hall–Kier alpha value is -4.31. The number of fused-ring (bicyclic) bond motifs is 4. The largest absolute Gasteiger partial charge is 0.467 e. The van der Waals surface area contributed by atoms with E-state index in [0.29, 0.717) is 39.4 Å². The van der Waals surface area contributed by atoms with Crippen molar-refractivity contribution in [3.63, 3.8) is 0 Å². The molecule has 0 saturated heterocycles. The molecule has 5 heterocycles. The number of likely N-dealkylation sites (N-methyl/N-ethyl adjacent to an activating group) is 1. The van der Waals surface area contributed by atoms with Crippen LogP contribution in [0.4, 0.5) is 8.78 Å². The van der Waals surface area contributed by atoms with E-state index in [1.54, 1.807) is 37.6 Å². The lowest BCUT2D eigenvalue weighted by atomic mass is 10.1. The second-order valence-corrected chi connectivity index (χ2v) is 9.27. The van der Waals surface area contributed by atoms with Crippen molar-refractivity contribution in [2.24, 2.45) is 14.1 Å². The normalized spacial score (nSPS) is 17.0. The van der Waals surface area contributed by atoms with Gasteiger partial charge in [0, 0.05) is 32.6 Å². The molecule has 0 unspecified atom stereocenters. The molecule has 0 amide bonds. The summed E-state index contributed by atoms with van der Waals surface area (Å²) < 4.78 is 43.2. The average Bonchev–Trinajstić information content (AvgIpc) is 3.49. The molecule has 4 aromatic rings. The van der Waals surface area contributed by atoms with Crippen molar-refractivity contribution >= 4 is 23.1 Å². The number of hydrogen-bond acceptors (Lipinski definition) is 8. The van der Waals surface area contributed by atoms with E-state index in [1.807, 2.05) is 31.2 Å². The standard InChI is InChI=1S/C25H27F2N9O2/c1-13-21-18-10-16-17(30-31-22(16)14(2)29-18)7-6-15-19(35(4)33-24(15)37-9-8-28)11-34(3)12-20(23(26)27)38-25(21)36(5)32-13/h6-7,10,20,23H,9,11-12H2,1-5H3,(H,30,31)/b7-6+/t20-/m0/s1. The summed E-state index contributed by atoms with van der Waals surface area (Å²) in [6, 6.07) is 3.80. The zero-order chi connectivity index (χ0) is 27.1. The minimum atomic E-state index is -2.76. The molecule has 2 bridgehead atoms. The zero-order valence-electron chi connectivity index (χ0n) is 21.7. The van der Waals surface area contributed by atoms with Crippen LogP contribution >= 0.6 is 0 Å². The summed E-state index contributed by atoms with van der Waals surface area (Å²) in [5.74, 6) is 0.493. The fourth-order valence-corrected chi connectivity index (χ4v) is 4.73. The third kappa shape index (κ3) is 4.47. The molecule has 0 radical (unpaired) electrons. The van der Waals surface area contributed by atoms with E-state index < -0.39 is 12.5 Å². The van der Waals surface area contributed by atoms with Crippen molar-refractivity contribution in [1.82, 2.24) is 39.6 Å². The fraction of sp³-hybridized carbons (Fsp3) is 0.400. The molecule has 1 atom stereocenters. The van der Waals surface area contributed by atoms with Crippen LogP contribution in [-0.2, 0) is 20.6 Å². The van der Waals surface area contributed by atoms with Gasteiger partial charge in [-0.25, -0.2) is 13.5 Å². The maximum atomic E-state index is 14.3. The van der Waals surface area contributed by atoms with Crippen LogP contribution in [0.3, 0.4) is 0 Å². The van der Waals surface area contributed by atoms with Crippen LogP contribution in [-0.4, -0.2) is 72.4 Å². The molecule has 38 heavy (non-hydrogen) atoms. The number of hydrogen-bond donors (Lipinski definition) is 1. The molecule has 1 aliphatic rings. The van der Waals surface area contributed by atoms with Crippen LogP contribution in [0.5, 0.6) is 11.8 Å². The number of aromatic nitrogens is 7. The van der Waals surface area contributed by atoms with Gasteiger partial charge in [-0.3, -0.25) is 19.7 Å². The highest BCUT2D eigenvalue weighted by Crippen LogP contribution is 2.36. The number of nitrogens with zero attached hydrogens (tertiary/aromatic N) is 8. The molecule has 11 nitrogen and oxygen atoms in total. The van der Waals surface area contributed by atoms with Gasteiger partial charge in [-0.1, -0.05) is 0 Å². The van der Waals surface area contributed by atoms with E-state index in [2.05, 4.69) is 20.4 Å². The highest BCUT2D eigenvalue weighted by atomic mass is 19.3. The van der Waals surface area contributed by atoms with E-state index in [0.717, 1.165) is 11.1 Å². The number of aromatic amines is 1. The average molecular weight is 524 g/mol. The fourth-order valence-electron chi connectivity index (χ4n) is 4.73. The molecule has 5 rings (SSSR count). The van der Waals surface area contributed by atoms with Gasteiger partial charge in [-0.05, 0) is 39.1 Å². The van der Waals surface area contributed by atoms with Gasteiger partial charge in [0.15, 0.2) is 12.7 Å². The second kappa shape index (κ2) is 9.86. The monoisotopic (exact) mass is 523 g/mol. The van der Waals surface area contributed by atoms with Gasteiger partial charge in [-0.2, -0.15) is 15.5 Å². The number of pyridine rings is 1. The predicted molar refractivity (Wildman–Crippen MR) is 136 cm³/mol. The molecule has 0 aromatic carbocycles. The highest BCUT2D eigenvalue weighted by molar-refractivity contribution is 5.93. The lowest BCUT2D eigenvalue weighted by molar-refractivity contribution is -0.00946. The summed E-state index contributed by atoms with van der Waals surface area (Å²) in [5, 5.41) is 26.2. The minimum Gasteiger partial charge on any atom is -0.467 e. The first kappa shape index (κ1) is 25.3. The number of nitriles is 1. The van der Waals surface area contributed by atoms with Gasteiger partial charge >= 0.3 is 0 Å². The summed E-state index contributed by atoms with van der Waals surface area (Å²) in [4.78, 5) is 6.45. The Morgan fingerprint density at radius 1 is 1.18 bits per heavy atom. The highest BCUT2D eigenvalue weighted by Gasteiger charge is 2.30. The van der Waals surface area contributed by atoms with Crippen molar-refractivity contribution < 1.29 is 18.3 Å². The predicted octanol–water partition coefficient (Wildman–Crippen LogP) is 3.24. The Bertz CT molecular complexity index is 1580. The zero-order valence-corrected chi connectivity index (χ0v) is 21.7. The first-order valence-corrected chi connectivity index (χ1v) is 11.9. The van der Waals surface area contributed by atoms with Crippen LogP contribution in [0.15, 0.2) is 6.07 Å². The maximum absolute atomic E-state index is 14.3. The molecule has 198 valence electrons. The minimum absolute atomic E-state index is 0.0709. The summed E-state index contributed by atoms with van der Waals surface area (Å²) in [7, 11) is 5.13. The van der Waals surface area contributed by atoms with E-state index in [-0.39, 0.29) is 31.5 Å². The summed E-state index contributed by atoms with van der Waals surface area (Å²) in [6.45, 7) is 3.66. The van der Waals surface area contributed by atoms with Crippen LogP contribution in [0.1, 0.15) is 28.3 Å². The molecule has 13 heteroatoms. The van der Waals surface area contributed by atoms with E-state index in [4.69, 9.17) is 19.7 Å². The van der Waals surface area contributed by atoms with Crippen molar-refractivity contribution in [3.05, 3.63) is 34.4 Å². The molecule has 1 N–H and O–H groups in total. The molecule has 0 fully saturated rings. The molecule has 0 spiro atoms. The number of ether oxygens (including phenoxy) is 2. The lowest BCUT2D eigenvalue weighted by Gasteiger charge is -2.25. The third-order valence-electron chi connectivity index (χ3n) is 6.49. The number of alkyl halides is 2. The molecule has 4 aromatic heterocycles. The van der Waals surface area contributed by atoms with Crippen molar-refractivity contribution in [2.75, 3.05) is 20.2 Å². The van der Waals surface area contributed by atoms with E-state index >= 15 is 0 Å². The summed E-state index contributed by atoms with van der Waals surface area (Å²) >= 11 is 0. The van der Waals surface area contributed by atoms with Gasteiger partial charge in [0.1, 0.15) is 11.6 Å². The van der Waals surface area contributed by atoms with Gasteiger partial charge in [0.05, 0.1) is 39.6 Å². The quantitative estimate of drug-likeness (QED) is 0.434. The van der Waals surface area contributed by atoms with Gasteiger partial charge in [0.2, 0.25) is 11.8 Å². The number of nitrogens with one attached hydrogen (secondary N) is 1. The van der Waals surface area contributed by atoms with Crippen LogP contribution in [0.25, 0.3) is 34.3 Å². The Labute approximate surface area is 217 Å². The lowest BCUT2D eigenvalue weighted by Crippen LogP contribution is -2.38. The Morgan fingerprint density at radius 2 is 1.97 bits per heavy atom. The molecular weight excluding hydrogens is 496 g/mol.